The van der Waals surface area contributed by atoms with Gasteiger partial charge in [0.15, 0.2) is 5.82 Å². The number of carbonyl (C=O) groups excluding carboxylic acids is 2. The van der Waals surface area contributed by atoms with Gasteiger partial charge in [0.2, 0.25) is 5.91 Å². The Morgan fingerprint density at radius 3 is 2.07 bits per heavy atom. The fourth-order valence-corrected chi connectivity index (χ4v) is 4.80. The molecule has 5 rings (SSSR count). The first kappa shape index (κ1) is 27.3. The van der Waals surface area contributed by atoms with Crippen molar-refractivity contribution in [1.29, 1.82) is 0 Å². The SMILES string of the molecule is COc1cncc(F)c1-c1ccc(NC(=O)[C@@H](NC(=O)c2ccnn2C)C(c2ccccc2)c2ccccc2)cc1. The van der Waals surface area contributed by atoms with Gasteiger partial charge in [-0.05, 0) is 34.9 Å². The summed E-state index contributed by atoms with van der Waals surface area (Å²) in [7, 11) is 3.11. The van der Waals surface area contributed by atoms with E-state index in [-0.39, 0.29) is 5.56 Å². The molecule has 0 saturated heterocycles. The lowest BCUT2D eigenvalue weighted by atomic mass is 9.84. The van der Waals surface area contributed by atoms with Gasteiger partial charge in [0.25, 0.3) is 5.91 Å². The van der Waals surface area contributed by atoms with Gasteiger partial charge >= 0.3 is 0 Å². The van der Waals surface area contributed by atoms with Crippen molar-refractivity contribution in [2.75, 3.05) is 12.4 Å². The fourth-order valence-electron chi connectivity index (χ4n) is 4.80. The molecule has 9 heteroatoms. The average molecular weight is 550 g/mol. The molecule has 0 saturated carbocycles. The number of pyridine rings is 1. The highest BCUT2D eigenvalue weighted by Crippen LogP contribution is 2.33. The number of nitrogens with zero attached hydrogens (tertiary/aromatic N) is 3. The van der Waals surface area contributed by atoms with Crippen LogP contribution in [0.3, 0.4) is 0 Å². The van der Waals surface area contributed by atoms with E-state index in [9.17, 15) is 14.0 Å². The number of ether oxygens (including phenoxy) is 1. The summed E-state index contributed by atoms with van der Waals surface area (Å²) >= 11 is 0. The third kappa shape index (κ3) is 5.99. The Morgan fingerprint density at radius 1 is 0.878 bits per heavy atom. The van der Waals surface area contributed by atoms with Crippen LogP contribution >= 0.6 is 0 Å². The maximum absolute atomic E-state index is 14.6. The molecule has 2 aromatic heterocycles. The number of carbonyl (C=O) groups is 2. The van der Waals surface area contributed by atoms with Crippen molar-refractivity contribution in [3.05, 3.63) is 132 Å². The quantitative estimate of drug-likeness (QED) is 0.263. The van der Waals surface area contributed by atoms with Gasteiger partial charge in [-0.1, -0.05) is 72.8 Å². The molecule has 2 N–H and O–H groups in total. The van der Waals surface area contributed by atoms with Crippen molar-refractivity contribution >= 4 is 17.5 Å². The second-order valence-corrected chi connectivity index (χ2v) is 9.36. The van der Waals surface area contributed by atoms with Crippen LogP contribution in [0.5, 0.6) is 5.75 Å². The summed E-state index contributed by atoms with van der Waals surface area (Å²) in [5.41, 5.74) is 3.36. The lowest BCUT2D eigenvalue weighted by Gasteiger charge is -2.28. The number of rotatable bonds is 9. The van der Waals surface area contributed by atoms with Crippen molar-refractivity contribution in [2.45, 2.75) is 12.0 Å². The second kappa shape index (κ2) is 12.3. The molecule has 2 amide bonds. The van der Waals surface area contributed by atoms with Gasteiger partial charge in [-0.2, -0.15) is 5.10 Å². The first-order chi connectivity index (χ1) is 20.0. The average Bonchev–Trinajstić information content (AvgIpc) is 3.44. The normalized spacial score (nSPS) is 11.6. The highest BCUT2D eigenvalue weighted by molar-refractivity contribution is 6.01. The number of hydrogen-bond acceptors (Lipinski definition) is 5. The van der Waals surface area contributed by atoms with Gasteiger partial charge in [-0.25, -0.2) is 4.39 Å². The molecule has 2 heterocycles. The summed E-state index contributed by atoms with van der Waals surface area (Å²) < 4.78 is 21.3. The summed E-state index contributed by atoms with van der Waals surface area (Å²) in [6.45, 7) is 0. The van der Waals surface area contributed by atoms with Crippen LogP contribution in [0.25, 0.3) is 11.1 Å². The van der Waals surface area contributed by atoms with Crippen LogP contribution < -0.4 is 15.4 Å². The van der Waals surface area contributed by atoms with Crippen molar-refractivity contribution in [3.63, 3.8) is 0 Å². The Balaban J connectivity index is 1.49. The monoisotopic (exact) mass is 549 g/mol. The first-order valence-corrected chi connectivity index (χ1v) is 12.9. The van der Waals surface area contributed by atoms with E-state index in [1.54, 1.807) is 37.4 Å². The number of hydrogen-bond donors (Lipinski definition) is 2. The topological polar surface area (TPSA) is 98.1 Å². The van der Waals surface area contributed by atoms with Crippen LogP contribution in [0.1, 0.15) is 27.5 Å². The number of anilines is 1. The highest BCUT2D eigenvalue weighted by atomic mass is 19.1. The second-order valence-electron chi connectivity index (χ2n) is 9.36. The minimum Gasteiger partial charge on any atom is -0.494 e. The molecule has 0 fully saturated rings. The lowest BCUT2D eigenvalue weighted by molar-refractivity contribution is -0.118. The van der Waals surface area contributed by atoms with Gasteiger partial charge < -0.3 is 15.4 Å². The molecular formula is C32H28FN5O3. The molecule has 41 heavy (non-hydrogen) atoms. The maximum atomic E-state index is 14.6. The van der Waals surface area contributed by atoms with Gasteiger partial charge in [0.1, 0.15) is 17.5 Å². The molecule has 0 spiro atoms. The molecule has 0 radical (unpaired) electrons. The smallest absolute Gasteiger partial charge is 0.270 e. The molecule has 206 valence electrons. The zero-order valence-electron chi connectivity index (χ0n) is 22.5. The van der Waals surface area contributed by atoms with Gasteiger partial charge in [0.05, 0.1) is 25.1 Å². The standard InChI is InChI=1S/C32H28FN5O3/c1-38-26(17-18-35-38)31(39)37-30(28(21-9-5-3-6-10-21)22-11-7-4-8-12-22)32(40)36-24-15-13-23(14-16-24)29-25(33)19-34-20-27(29)41-2/h3-20,28,30H,1-2H3,(H,36,40)(H,37,39)/t30-/m0/s1. The summed E-state index contributed by atoms with van der Waals surface area (Å²) in [6.07, 6.45) is 4.09. The largest absolute Gasteiger partial charge is 0.494 e. The number of methoxy groups -OCH3 is 1. The summed E-state index contributed by atoms with van der Waals surface area (Å²) in [6, 6.07) is 26.4. The molecule has 0 bridgehead atoms. The Kier molecular flexibility index (Phi) is 8.15. The van der Waals surface area contributed by atoms with Crippen LogP contribution in [0.2, 0.25) is 0 Å². The third-order valence-corrected chi connectivity index (χ3v) is 6.80. The van der Waals surface area contributed by atoms with E-state index in [2.05, 4.69) is 20.7 Å². The Bertz CT molecular complexity index is 1600. The minimum atomic E-state index is -0.986. The lowest BCUT2D eigenvalue weighted by Crippen LogP contribution is -2.48. The number of aryl methyl sites for hydroxylation is 1. The van der Waals surface area contributed by atoms with Crippen LogP contribution in [-0.4, -0.2) is 39.7 Å². The summed E-state index contributed by atoms with van der Waals surface area (Å²) in [4.78, 5) is 31.1. The molecule has 0 aliphatic carbocycles. The fraction of sp³-hybridized carbons (Fsp3) is 0.125. The van der Waals surface area contributed by atoms with E-state index in [0.29, 0.717) is 22.7 Å². The van der Waals surface area contributed by atoms with Crippen molar-refractivity contribution in [1.82, 2.24) is 20.1 Å². The minimum absolute atomic E-state index is 0.273. The number of halogens is 1. The van der Waals surface area contributed by atoms with E-state index in [1.165, 1.54) is 24.2 Å². The number of nitrogens with one attached hydrogen (secondary N) is 2. The molecule has 0 aliphatic rings. The van der Waals surface area contributed by atoms with Crippen LogP contribution in [0, 0.1) is 5.82 Å². The Labute approximate surface area is 236 Å². The molecule has 5 aromatic rings. The first-order valence-electron chi connectivity index (χ1n) is 12.9. The van der Waals surface area contributed by atoms with Crippen molar-refractivity contribution in [3.8, 4) is 16.9 Å². The maximum Gasteiger partial charge on any atom is 0.270 e. The van der Waals surface area contributed by atoms with Crippen molar-refractivity contribution < 1.29 is 18.7 Å². The van der Waals surface area contributed by atoms with E-state index in [4.69, 9.17) is 4.74 Å². The van der Waals surface area contributed by atoms with Crippen molar-refractivity contribution in [2.24, 2.45) is 7.05 Å². The van der Waals surface area contributed by atoms with E-state index in [0.717, 1.165) is 17.3 Å². The van der Waals surface area contributed by atoms with E-state index >= 15 is 0 Å². The molecule has 3 aromatic carbocycles. The molecule has 0 unspecified atom stereocenters. The van der Waals surface area contributed by atoms with Crippen LogP contribution in [-0.2, 0) is 11.8 Å². The van der Waals surface area contributed by atoms with Crippen LogP contribution in [0.15, 0.2) is 110 Å². The number of aromatic nitrogens is 3. The zero-order valence-corrected chi connectivity index (χ0v) is 22.5. The molecular weight excluding hydrogens is 521 g/mol. The summed E-state index contributed by atoms with van der Waals surface area (Å²) in [5, 5.41) is 9.97. The third-order valence-electron chi connectivity index (χ3n) is 6.80. The Morgan fingerprint density at radius 2 is 1.51 bits per heavy atom. The van der Waals surface area contributed by atoms with E-state index in [1.807, 2.05) is 60.7 Å². The Hall–Kier alpha value is -5.31. The van der Waals surface area contributed by atoms with Gasteiger partial charge in [-0.15, -0.1) is 0 Å². The van der Waals surface area contributed by atoms with Gasteiger partial charge in [-0.3, -0.25) is 19.3 Å². The predicted molar refractivity (Wildman–Crippen MR) is 154 cm³/mol. The van der Waals surface area contributed by atoms with E-state index < -0.39 is 29.6 Å². The summed E-state index contributed by atoms with van der Waals surface area (Å²) in [5.74, 6) is -1.57. The van der Waals surface area contributed by atoms with Crippen LogP contribution in [0.4, 0.5) is 10.1 Å². The molecule has 0 aliphatic heterocycles. The predicted octanol–water partition coefficient (Wildman–Crippen LogP) is 5.20. The highest BCUT2D eigenvalue weighted by Gasteiger charge is 2.33. The number of benzene rings is 3. The molecule has 1 atom stereocenters. The zero-order chi connectivity index (χ0) is 28.8. The number of amides is 2. The van der Waals surface area contributed by atoms with Gasteiger partial charge in [0, 0.05) is 24.8 Å². The molecule has 8 nitrogen and oxygen atoms in total.